The van der Waals surface area contributed by atoms with Crippen molar-refractivity contribution < 1.29 is 35.1 Å². The molecule has 4 nitrogen and oxygen atoms in total. The average Bonchev–Trinajstić information content (AvgIpc) is 2.44. The van der Waals surface area contributed by atoms with E-state index in [1.807, 2.05) is 0 Å². The van der Waals surface area contributed by atoms with Gasteiger partial charge in [-0.1, -0.05) is 11.6 Å². The highest BCUT2D eigenvalue weighted by atomic mass is 35.5. The van der Waals surface area contributed by atoms with Crippen LogP contribution in [-0.4, -0.2) is 13.9 Å². The highest BCUT2D eigenvalue weighted by Gasteiger charge is 2.46. The van der Waals surface area contributed by atoms with Gasteiger partial charge in [-0.2, -0.15) is 21.6 Å². The Morgan fingerprint density at radius 1 is 1.00 bits per heavy atom. The Morgan fingerprint density at radius 2 is 1.67 bits per heavy atom. The van der Waals surface area contributed by atoms with Gasteiger partial charge in [0.25, 0.3) is 0 Å². The summed E-state index contributed by atoms with van der Waals surface area (Å²) in [6.45, 7) is 0. The summed E-state index contributed by atoms with van der Waals surface area (Å²) in [7, 11) is -5.70. The zero-order chi connectivity index (χ0) is 18.1. The summed E-state index contributed by atoms with van der Waals surface area (Å²) in [5.41, 5.74) is -6.13. The first-order valence-electron chi connectivity index (χ1n) is 6.01. The lowest BCUT2D eigenvalue weighted by Gasteiger charge is -2.15. The van der Waals surface area contributed by atoms with Crippen LogP contribution in [0.25, 0.3) is 0 Å². The highest BCUT2D eigenvalue weighted by Crippen LogP contribution is 2.35. The van der Waals surface area contributed by atoms with Crippen molar-refractivity contribution in [3.63, 3.8) is 0 Å². The van der Waals surface area contributed by atoms with Crippen molar-refractivity contribution in [3.8, 4) is 11.5 Å². The van der Waals surface area contributed by atoms with Gasteiger partial charge in [0, 0.05) is 17.2 Å². The minimum absolute atomic E-state index is 0.0162. The standard InChI is InChI=1S/C13H7ClF5NO3S/c14-7-1-4-11(20-24(21,22)13(17,18)19)12(5-7)23-8-2-3-9(15)10(16)6-8/h1-6,20H. The SMILES string of the molecule is O=S(=O)(Nc1ccc(Cl)cc1Oc1ccc(F)c(F)c1)C(F)(F)F. The maximum absolute atomic E-state index is 13.1. The summed E-state index contributed by atoms with van der Waals surface area (Å²) in [4.78, 5) is 0. The van der Waals surface area contributed by atoms with Crippen LogP contribution in [0.15, 0.2) is 36.4 Å². The number of nitrogens with one attached hydrogen (secondary N) is 1. The van der Waals surface area contributed by atoms with Gasteiger partial charge in [0.2, 0.25) is 0 Å². The predicted octanol–water partition coefficient (Wildman–Crippen LogP) is 4.67. The van der Waals surface area contributed by atoms with Crippen molar-refractivity contribution in [3.05, 3.63) is 53.1 Å². The van der Waals surface area contributed by atoms with Gasteiger partial charge >= 0.3 is 15.5 Å². The fourth-order valence-corrected chi connectivity index (χ4v) is 2.27. The van der Waals surface area contributed by atoms with E-state index >= 15 is 0 Å². The largest absolute Gasteiger partial charge is 0.516 e. The zero-order valence-electron chi connectivity index (χ0n) is 11.4. The van der Waals surface area contributed by atoms with Gasteiger partial charge in [0.05, 0.1) is 5.69 Å². The minimum Gasteiger partial charge on any atom is -0.455 e. The van der Waals surface area contributed by atoms with Crippen LogP contribution in [0.5, 0.6) is 11.5 Å². The Bertz CT molecular complexity index is 870. The number of hydrogen-bond donors (Lipinski definition) is 1. The lowest BCUT2D eigenvalue weighted by molar-refractivity contribution is -0.0429. The second-order valence-corrected chi connectivity index (χ2v) is 6.48. The molecule has 0 saturated heterocycles. The molecule has 0 spiro atoms. The Labute approximate surface area is 137 Å². The Kier molecular flexibility index (Phi) is 4.90. The molecule has 2 rings (SSSR count). The fourth-order valence-electron chi connectivity index (χ4n) is 1.53. The van der Waals surface area contributed by atoms with E-state index in [1.54, 1.807) is 0 Å². The summed E-state index contributed by atoms with van der Waals surface area (Å²) in [6, 6.07) is 5.43. The monoisotopic (exact) mass is 387 g/mol. The number of rotatable bonds is 4. The van der Waals surface area contributed by atoms with Gasteiger partial charge in [-0.15, -0.1) is 0 Å². The first-order chi connectivity index (χ1) is 11.0. The molecule has 0 saturated carbocycles. The van der Waals surface area contributed by atoms with Crippen LogP contribution >= 0.6 is 11.6 Å². The lowest BCUT2D eigenvalue weighted by atomic mass is 10.3. The van der Waals surface area contributed by atoms with Crippen LogP contribution in [0.2, 0.25) is 5.02 Å². The summed E-state index contributed by atoms with van der Waals surface area (Å²) in [6.07, 6.45) is 0. The number of benzene rings is 2. The molecule has 0 radical (unpaired) electrons. The molecule has 24 heavy (non-hydrogen) atoms. The molecule has 130 valence electrons. The first-order valence-corrected chi connectivity index (χ1v) is 7.87. The summed E-state index contributed by atoms with van der Waals surface area (Å²) < 4.78 is 92.1. The van der Waals surface area contributed by atoms with Crippen LogP contribution in [0, 0.1) is 11.6 Å². The molecule has 2 aromatic carbocycles. The number of ether oxygens (including phenoxy) is 1. The molecule has 0 bridgehead atoms. The van der Waals surface area contributed by atoms with E-state index < -0.39 is 38.6 Å². The third-order valence-corrected chi connectivity index (χ3v) is 3.94. The molecule has 2 aromatic rings. The van der Waals surface area contributed by atoms with Gasteiger partial charge in [0.1, 0.15) is 5.75 Å². The third kappa shape index (κ3) is 4.06. The Balaban J connectivity index is 2.39. The van der Waals surface area contributed by atoms with Crippen LogP contribution in [0.4, 0.5) is 27.6 Å². The van der Waals surface area contributed by atoms with Gasteiger partial charge in [-0.3, -0.25) is 4.72 Å². The van der Waals surface area contributed by atoms with Gasteiger partial charge in [-0.25, -0.2) is 8.78 Å². The quantitative estimate of drug-likeness (QED) is 0.775. The second kappa shape index (κ2) is 6.44. The van der Waals surface area contributed by atoms with Crippen molar-refractivity contribution >= 4 is 27.3 Å². The van der Waals surface area contributed by atoms with E-state index in [1.165, 1.54) is 4.72 Å². The number of alkyl halides is 3. The summed E-state index contributed by atoms with van der Waals surface area (Å²) in [5, 5.41) is 0.0162. The van der Waals surface area contributed by atoms with E-state index in [2.05, 4.69) is 0 Å². The van der Waals surface area contributed by atoms with E-state index in [0.29, 0.717) is 6.07 Å². The maximum atomic E-state index is 13.1. The Hall–Kier alpha value is -2.07. The molecule has 0 atom stereocenters. The minimum atomic E-state index is -5.70. The van der Waals surface area contributed by atoms with Gasteiger partial charge in [-0.05, 0) is 24.3 Å². The normalized spacial score (nSPS) is 12.1. The predicted molar refractivity (Wildman–Crippen MR) is 76.5 cm³/mol. The zero-order valence-corrected chi connectivity index (χ0v) is 12.9. The fraction of sp³-hybridized carbons (Fsp3) is 0.0769. The van der Waals surface area contributed by atoms with Crippen LogP contribution in [-0.2, 0) is 10.0 Å². The highest BCUT2D eigenvalue weighted by molar-refractivity contribution is 7.93. The van der Waals surface area contributed by atoms with Crippen molar-refractivity contribution in [2.24, 2.45) is 0 Å². The molecule has 0 fully saturated rings. The van der Waals surface area contributed by atoms with Crippen LogP contribution in [0.1, 0.15) is 0 Å². The second-order valence-electron chi connectivity index (χ2n) is 4.37. The lowest BCUT2D eigenvalue weighted by Crippen LogP contribution is -2.30. The van der Waals surface area contributed by atoms with E-state index in [0.717, 1.165) is 30.3 Å². The average molecular weight is 388 g/mol. The number of hydrogen-bond acceptors (Lipinski definition) is 3. The molecular weight excluding hydrogens is 381 g/mol. The summed E-state index contributed by atoms with van der Waals surface area (Å²) in [5.74, 6) is -3.12. The molecule has 0 aliphatic rings. The summed E-state index contributed by atoms with van der Waals surface area (Å²) >= 11 is 5.69. The maximum Gasteiger partial charge on any atom is 0.516 e. The topological polar surface area (TPSA) is 55.4 Å². The molecule has 0 aromatic heterocycles. The van der Waals surface area contributed by atoms with E-state index in [9.17, 15) is 30.4 Å². The van der Waals surface area contributed by atoms with Crippen LogP contribution in [0.3, 0.4) is 0 Å². The number of halogens is 6. The van der Waals surface area contributed by atoms with Crippen molar-refractivity contribution in [2.75, 3.05) is 4.72 Å². The molecule has 0 aliphatic carbocycles. The number of anilines is 1. The molecule has 0 unspecified atom stereocenters. The van der Waals surface area contributed by atoms with Gasteiger partial charge in [0.15, 0.2) is 17.4 Å². The van der Waals surface area contributed by atoms with E-state index in [-0.39, 0.29) is 10.8 Å². The smallest absolute Gasteiger partial charge is 0.455 e. The van der Waals surface area contributed by atoms with Gasteiger partial charge < -0.3 is 4.74 Å². The molecular formula is C13H7ClF5NO3S. The van der Waals surface area contributed by atoms with Crippen LogP contribution < -0.4 is 9.46 Å². The molecule has 0 aliphatic heterocycles. The molecule has 1 N–H and O–H groups in total. The molecule has 0 amide bonds. The number of sulfonamides is 1. The van der Waals surface area contributed by atoms with E-state index in [4.69, 9.17) is 16.3 Å². The molecule has 11 heteroatoms. The third-order valence-electron chi connectivity index (χ3n) is 2.61. The first kappa shape index (κ1) is 18.3. The van der Waals surface area contributed by atoms with Crippen molar-refractivity contribution in [1.82, 2.24) is 0 Å². The van der Waals surface area contributed by atoms with Crippen molar-refractivity contribution in [1.29, 1.82) is 0 Å². The van der Waals surface area contributed by atoms with Crippen molar-refractivity contribution in [2.45, 2.75) is 5.51 Å². The Morgan fingerprint density at radius 3 is 2.25 bits per heavy atom. The molecule has 0 heterocycles.